The summed E-state index contributed by atoms with van der Waals surface area (Å²) in [7, 11) is 0. The Bertz CT molecular complexity index is 340. The van der Waals surface area contributed by atoms with Crippen molar-refractivity contribution < 1.29 is 19.0 Å². The van der Waals surface area contributed by atoms with Gasteiger partial charge in [-0.15, -0.1) is 0 Å². The molecule has 0 aromatic heterocycles. The van der Waals surface area contributed by atoms with Crippen LogP contribution in [0.15, 0.2) is 10.5 Å². The number of hydrogen-bond donors (Lipinski definition) is 1. The molecule has 3 nitrogen and oxygen atoms in total. The number of fused-ring (bicyclic) bond motifs is 1. The SMILES string of the molecule is Oc1cc2c(c(Br)c1F)OCO2. The van der Waals surface area contributed by atoms with E-state index in [1.54, 1.807) is 0 Å². The van der Waals surface area contributed by atoms with Crippen molar-refractivity contribution in [1.82, 2.24) is 0 Å². The predicted molar refractivity (Wildman–Crippen MR) is 41.9 cm³/mol. The second-order valence-electron chi connectivity index (χ2n) is 2.26. The maximum atomic E-state index is 13.0. The highest BCUT2D eigenvalue weighted by Crippen LogP contribution is 2.44. The molecule has 12 heavy (non-hydrogen) atoms. The molecule has 1 heterocycles. The summed E-state index contributed by atoms with van der Waals surface area (Å²) in [6.45, 7) is 0.0524. The van der Waals surface area contributed by atoms with Crippen molar-refractivity contribution in [3.8, 4) is 17.2 Å². The van der Waals surface area contributed by atoms with Crippen LogP contribution in [0.3, 0.4) is 0 Å². The summed E-state index contributed by atoms with van der Waals surface area (Å²) in [4.78, 5) is 0. The van der Waals surface area contributed by atoms with Crippen molar-refractivity contribution in [2.24, 2.45) is 0 Å². The Balaban J connectivity index is 2.67. The molecule has 0 unspecified atom stereocenters. The first-order valence-corrected chi connectivity index (χ1v) is 3.96. The maximum absolute atomic E-state index is 13.0. The molecule has 0 saturated carbocycles. The third kappa shape index (κ3) is 0.929. The first-order chi connectivity index (χ1) is 5.70. The quantitative estimate of drug-likeness (QED) is 0.747. The van der Waals surface area contributed by atoms with Gasteiger partial charge in [0.15, 0.2) is 23.1 Å². The molecule has 0 saturated heterocycles. The third-order valence-electron chi connectivity index (χ3n) is 1.53. The highest BCUT2D eigenvalue weighted by atomic mass is 79.9. The smallest absolute Gasteiger partial charge is 0.231 e. The molecule has 0 fully saturated rings. The molecule has 0 amide bonds. The van der Waals surface area contributed by atoms with E-state index in [-0.39, 0.29) is 11.3 Å². The van der Waals surface area contributed by atoms with Gasteiger partial charge in [-0.1, -0.05) is 0 Å². The normalized spacial score (nSPS) is 13.5. The lowest BCUT2D eigenvalue weighted by Crippen LogP contribution is -1.93. The van der Waals surface area contributed by atoms with Crippen molar-refractivity contribution in [2.75, 3.05) is 6.79 Å². The van der Waals surface area contributed by atoms with E-state index in [2.05, 4.69) is 15.9 Å². The van der Waals surface area contributed by atoms with Gasteiger partial charge in [-0.3, -0.25) is 0 Å². The average Bonchev–Trinajstić information content (AvgIpc) is 2.48. The standard InChI is InChI=1S/C7H4BrFO3/c8-5-6(9)3(10)1-4-7(5)12-2-11-4/h1,10H,2H2. The van der Waals surface area contributed by atoms with Gasteiger partial charge in [-0.05, 0) is 15.9 Å². The molecule has 1 aliphatic rings. The lowest BCUT2D eigenvalue weighted by atomic mass is 10.3. The van der Waals surface area contributed by atoms with Crippen molar-refractivity contribution in [1.29, 1.82) is 0 Å². The van der Waals surface area contributed by atoms with Crippen molar-refractivity contribution >= 4 is 15.9 Å². The Morgan fingerprint density at radius 1 is 1.50 bits per heavy atom. The topological polar surface area (TPSA) is 38.7 Å². The van der Waals surface area contributed by atoms with Crippen LogP contribution in [-0.4, -0.2) is 11.9 Å². The van der Waals surface area contributed by atoms with Crippen molar-refractivity contribution in [2.45, 2.75) is 0 Å². The minimum atomic E-state index is -0.737. The number of aromatic hydroxyl groups is 1. The van der Waals surface area contributed by atoms with Crippen LogP contribution < -0.4 is 9.47 Å². The second-order valence-corrected chi connectivity index (χ2v) is 3.05. The zero-order valence-corrected chi connectivity index (χ0v) is 7.39. The maximum Gasteiger partial charge on any atom is 0.231 e. The van der Waals surface area contributed by atoms with E-state index in [0.717, 1.165) is 0 Å². The highest BCUT2D eigenvalue weighted by Gasteiger charge is 2.22. The Labute approximate surface area is 75.8 Å². The summed E-state index contributed by atoms with van der Waals surface area (Å²) in [5.74, 6) is -0.545. The first-order valence-electron chi connectivity index (χ1n) is 3.16. The Morgan fingerprint density at radius 2 is 2.25 bits per heavy atom. The number of hydrogen-bond acceptors (Lipinski definition) is 3. The number of rotatable bonds is 0. The van der Waals surface area contributed by atoms with Gasteiger partial charge in [-0.2, -0.15) is 0 Å². The molecule has 0 spiro atoms. The molecule has 0 aliphatic carbocycles. The molecule has 0 atom stereocenters. The van der Waals surface area contributed by atoms with E-state index in [1.165, 1.54) is 6.07 Å². The summed E-state index contributed by atoms with van der Waals surface area (Å²) in [6.07, 6.45) is 0. The van der Waals surface area contributed by atoms with Crippen LogP contribution in [0.1, 0.15) is 0 Å². The van der Waals surface area contributed by atoms with E-state index >= 15 is 0 Å². The van der Waals surface area contributed by atoms with Gasteiger partial charge in [0.05, 0.1) is 0 Å². The summed E-state index contributed by atoms with van der Waals surface area (Å²) >= 11 is 2.94. The fourth-order valence-electron chi connectivity index (χ4n) is 0.967. The number of benzene rings is 1. The van der Waals surface area contributed by atoms with Gasteiger partial charge < -0.3 is 14.6 Å². The van der Waals surface area contributed by atoms with E-state index in [9.17, 15) is 4.39 Å². The number of ether oxygens (including phenoxy) is 2. The summed E-state index contributed by atoms with van der Waals surface area (Å²) in [6, 6.07) is 1.18. The zero-order chi connectivity index (χ0) is 8.72. The summed E-state index contributed by atoms with van der Waals surface area (Å²) < 4.78 is 22.9. The lowest BCUT2D eigenvalue weighted by Gasteiger charge is -2.01. The molecule has 64 valence electrons. The van der Waals surface area contributed by atoms with Crippen molar-refractivity contribution in [3.05, 3.63) is 16.4 Å². The van der Waals surface area contributed by atoms with E-state index in [0.29, 0.717) is 11.5 Å². The lowest BCUT2D eigenvalue weighted by molar-refractivity contribution is 0.173. The molecule has 2 rings (SSSR count). The number of phenols is 1. The largest absolute Gasteiger partial charge is 0.505 e. The molecule has 1 aliphatic heterocycles. The van der Waals surface area contributed by atoms with Gasteiger partial charge in [0, 0.05) is 6.07 Å². The van der Waals surface area contributed by atoms with Crippen LogP contribution in [0.2, 0.25) is 0 Å². The van der Waals surface area contributed by atoms with E-state index in [4.69, 9.17) is 14.6 Å². The summed E-state index contributed by atoms with van der Waals surface area (Å²) in [5.41, 5.74) is 0. The fourth-order valence-corrected chi connectivity index (χ4v) is 1.48. The van der Waals surface area contributed by atoms with Crippen LogP contribution in [0.4, 0.5) is 4.39 Å². The van der Waals surface area contributed by atoms with Gasteiger partial charge in [-0.25, -0.2) is 4.39 Å². The van der Waals surface area contributed by atoms with Gasteiger partial charge >= 0.3 is 0 Å². The van der Waals surface area contributed by atoms with Crippen LogP contribution in [0, 0.1) is 5.82 Å². The van der Waals surface area contributed by atoms with Gasteiger partial charge in [0.2, 0.25) is 6.79 Å². The molecule has 0 radical (unpaired) electrons. The number of phenolic OH excluding ortho intramolecular Hbond substituents is 1. The second kappa shape index (κ2) is 2.52. The van der Waals surface area contributed by atoms with Gasteiger partial charge in [0.1, 0.15) is 4.47 Å². The Morgan fingerprint density at radius 3 is 3.00 bits per heavy atom. The Hall–Kier alpha value is -0.970. The highest BCUT2D eigenvalue weighted by molar-refractivity contribution is 9.10. The molecule has 1 aromatic carbocycles. The predicted octanol–water partition coefficient (Wildman–Crippen LogP) is 2.02. The molecular weight excluding hydrogens is 231 g/mol. The van der Waals surface area contributed by atoms with Crippen LogP contribution in [0.5, 0.6) is 17.2 Å². The molecule has 0 bridgehead atoms. The van der Waals surface area contributed by atoms with Gasteiger partial charge in [0.25, 0.3) is 0 Å². The number of halogens is 2. The molecule has 5 heteroatoms. The summed E-state index contributed by atoms with van der Waals surface area (Å²) in [5, 5.41) is 9.02. The minimum Gasteiger partial charge on any atom is -0.505 e. The minimum absolute atomic E-state index is 0.0524. The molecular formula is C7H4BrFO3. The first kappa shape index (κ1) is 7.67. The van der Waals surface area contributed by atoms with Crippen LogP contribution >= 0.6 is 15.9 Å². The molecule has 1 N–H and O–H groups in total. The third-order valence-corrected chi connectivity index (χ3v) is 2.23. The van der Waals surface area contributed by atoms with Crippen molar-refractivity contribution in [3.63, 3.8) is 0 Å². The Kier molecular flexibility index (Phi) is 1.61. The van der Waals surface area contributed by atoms with E-state index in [1.807, 2.05) is 0 Å². The zero-order valence-electron chi connectivity index (χ0n) is 5.80. The average molecular weight is 235 g/mol. The van der Waals surface area contributed by atoms with Crippen LogP contribution in [0.25, 0.3) is 0 Å². The van der Waals surface area contributed by atoms with Crippen LogP contribution in [-0.2, 0) is 0 Å². The van der Waals surface area contributed by atoms with E-state index < -0.39 is 11.6 Å². The fraction of sp³-hybridized carbons (Fsp3) is 0.143. The molecule has 1 aromatic rings. The monoisotopic (exact) mass is 234 g/mol.